The minimum Gasteiger partial charge on any atom is -0.494 e. The molecular weight excluding hydrogens is 527 g/mol. The van der Waals surface area contributed by atoms with Crippen molar-refractivity contribution in [3.05, 3.63) is 89.4 Å². The predicted octanol–water partition coefficient (Wildman–Crippen LogP) is 4.06. The van der Waals surface area contributed by atoms with Gasteiger partial charge in [0, 0.05) is 52.0 Å². The van der Waals surface area contributed by atoms with E-state index >= 15 is 0 Å². The van der Waals surface area contributed by atoms with Gasteiger partial charge in [0.15, 0.2) is 5.66 Å². The topological polar surface area (TPSA) is 97.8 Å². The smallest absolute Gasteiger partial charge is 0.163 e. The Labute approximate surface area is 235 Å². The van der Waals surface area contributed by atoms with Crippen molar-refractivity contribution in [1.29, 1.82) is 0 Å². The number of aliphatic imine (C=N–C) groups is 1. The van der Waals surface area contributed by atoms with Crippen molar-refractivity contribution in [2.45, 2.75) is 25.0 Å². The Balaban J connectivity index is 1.15. The molecule has 3 aromatic carbocycles. The minimum absolute atomic E-state index is 0.260. The number of aromatic nitrogens is 2. The number of anilines is 1. The molecule has 0 amide bonds. The zero-order valence-electron chi connectivity index (χ0n) is 22.3. The summed E-state index contributed by atoms with van der Waals surface area (Å²) >= 11 is 0. The lowest BCUT2D eigenvalue weighted by atomic mass is 9.89. The van der Waals surface area contributed by atoms with Gasteiger partial charge in [-0.2, -0.15) is 5.10 Å². The number of nitrogens with one attached hydrogen (secondary N) is 1. The lowest BCUT2D eigenvalue weighted by molar-refractivity contribution is 0.264. The van der Waals surface area contributed by atoms with Gasteiger partial charge in [0.25, 0.3) is 0 Å². The summed E-state index contributed by atoms with van der Waals surface area (Å²) in [7, 11) is -0.638. The van der Waals surface area contributed by atoms with E-state index < -0.39 is 16.5 Å². The van der Waals surface area contributed by atoms with Gasteiger partial charge < -0.3 is 15.0 Å². The molecule has 40 heavy (non-hydrogen) atoms. The van der Waals surface area contributed by atoms with Crippen LogP contribution < -0.4 is 15.8 Å². The Kier molecular flexibility index (Phi) is 7.64. The summed E-state index contributed by atoms with van der Waals surface area (Å²) in [6, 6.07) is 18.4. The van der Waals surface area contributed by atoms with E-state index in [1.807, 2.05) is 47.1 Å². The van der Waals surface area contributed by atoms with Crippen molar-refractivity contribution in [2.75, 3.05) is 43.1 Å². The molecule has 1 aromatic heterocycles. The fraction of sp³-hybridized carbons (Fsp3) is 0.333. The highest BCUT2D eigenvalue weighted by Crippen LogP contribution is 2.38. The molecule has 0 aliphatic carbocycles. The molecule has 0 bridgehead atoms. The van der Waals surface area contributed by atoms with Crippen LogP contribution in [-0.4, -0.2) is 63.0 Å². The molecule has 8 nitrogen and oxygen atoms in total. The monoisotopic (exact) mass is 560 g/mol. The molecule has 3 N–H and O–H groups in total. The molecule has 1 unspecified atom stereocenters. The summed E-state index contributed by atoms with van der Waals surface area (Å²) < 4.78 is 33.2. The van der Waals surface area contributed by atoms with Crippen LogP contribution in [0.2, 0.25) is 0 Å². The first-order valence-electron chi connectivity index (χ1n) is 13.6. The first-order valence-corrected chi connectivity index (χ1v) is 15.1. The van der Waals surface area contributed by atoms with Crippen LogP contribution in [0.3, 0.4) is 0 Å². The Bertz CT molecular complexity index is 1560. The molecule has 2 aliphatic heterocycles. The first kappa shape index (κ1) is 26.6. The Morgan fingerprint density at radius 1 is 1.07 bits per heavy atom. The molecule has 0 spiro atoms. The Morgan fingerprint density at radius 3 is 2.80 bits per heavy atom. The number of halogens is 1. The molecule has 1 saturated heterocycles. The largest absolute Gasteiger partial charge is 0.494 e. The Morgan fingerprint density at radius 2 is 1.95 bits per heavy atom. The van der Waals surface area contributed by atoms with E-state index in [-0.39, 0.29) is 5.82 Å². The van der Waals surface area contributed by atoms with E-state index in [0.29, 0.717) is 13.2 Å². The van der Waals surface area contributed by atoms with Gasteiger partial charge in [-0.25, -0.2) is 9.38 Å². The number of nitrogens with two attached hydrogens (primary N) is 1. The normalized spacial score (nSPS) is 19.4. The summed E-state index contributed by atoms with van der Waals surface area (Å²) in [6.07, 6.45) is 5.42. The van der Waals surface area contributed by atoms with Gasteiger partial charge in [0.2, 0.25) is 0 Å². The zero-order valence-corrected chi connectivity index (χ0v) is 23.1. The number of ether oxygens (including phenoxy) is 1. The molecule has 10 heteroatoms. The second-order valence-corrected chi connectivity index (χ2v) is 12.0. The molecule has 208 valence electrons. The molecule has 0 saturated carbocycles. The lowest BCUT2D eigenvalue weighted by Crippen LogP contribution is -2.39. The number of unbranched alkanes of at least 4 members (excludes halogenated alkanes) is 1. The fourth-order valence-corrected chi connectivity index (χ4v) is 6.47. The van der Waals surface area contributed by atoms with Crippen molar-refractivity contribution in [3.8, 4) is 5.75 Å². The maximum absolute atomic E-state index is 13.7. The number of nitrogens with zero attached hydrogens (tertiary/aromatic N) is 4. The third kappa shape index (κ3) is 5.65. The Hall–Kier alpha value is -3.60. The van der Waals surface area contributed by atoms with Gasteiger partial charge >= 0.3 is 0 Å². The van der Waals surface area contributed by atoms with Crippen LogP contribution in [-0.2, 0) is 23.0 Å². The molecule has 0 radical (unpaired) electrons. The van der Waals surface area contributed by atoms with Crippen LogP contribution in [0.15, 0.2) is 71.9 Å². The summed E-state index contributed by atoms with van der Waals surface area (Å²) in [5, 5.41) is 8.67. The highest BCUT2D eigenvalue weighted by Gasteiger charge is 2.34. The number of benzene rings is 3. The van der Waals surface area contributed by atoms with Crippen molar-refractivity contribution in [2.24, 2.45) is 10.7 Å². The van der Waals surface area contributed by atoms with E-state index in [0.717, 1.165) is 83.0 Å². The third-order valence-electron chi connectivity index (χ3n) is 7.60. The highest BCUT2D eigenvalue weighted by molar-refractivity contribution is 7.85. The fourth-order valence-electron chi connectivity index (χ4n) is 5.34. The maximum Gasteiger partial charge on any atom is 0.163 e. The van der Waals surface area contributed by atoms with Crippen LogP contribution in [0.25, 0.3) is 10.9 Å². The summed E-state index contributed by atoms with van der Waals surface area (Å²) in [6.45, 7) is 3.94. The lowest BCUT2D eigenvalue weighted by Gasteiger charge is -2.32. The number of hydrogen-bond donors (Lipinski definition) is 2. The minimum atomic E-state index is -1.09. The van der Waals surface area contributed by atoms with Gasteiger partial charge in [-0.05, 0) is 73.0 Å². The van der Waals surface area contributed by atoms with Crippen LogP contribution in [0, 0.1) is 5.82 Å². The molecule has 1 atom stereocenters. The van der Waals surface area contributed by atoms with E-state index in [1.165, 1.54) is 12.1 Å². The number of fused-ring (bicyclic) bond motifs is 2. The van der Waals surface area contributed by atoms with Crippen molar-refractivity contribution in [1.82, 2.24) is 14.7 Å². The second-order valence-electron chi connectivity index (χ2n) is 10.3. The van der Waals surface area contributed by atoms with Gasteiger partial charge in [-0.15, -0.1) is 0 Å². The molecule has 4 aromatic rings. The average molecular weight is 561 g/mol. The van der Waals surface area contributed by atoms with Gasteiger partial charge in [0.1, 0.15) is 11.6 Å². The molecule has 3 heterocycles. The highest BCUT2D eigenvalue weighted by atomic mass is 32.2. The SMILES string of the molecule is NC1(c2ccc3c(cnn3Cc3cccc(F)c3)c2)N=CNc2ccc(OCCCCN3CCS(=O)CC3)cc21. The van der Waals surface area contributed by atoms with Crippen LogP contribution in [0.4, 0.5) is 10.1 Å². The van der Waals surface area contributed by atoms with Crippen LogP contribution >= 0.6 is 0 Å². The summed E-state index contributed by atoms with van der Waals surface area (Å²) in [5.74, 6) is 2.06. The van der Waals surface area contributed by atoms with E-state index in [2.05, 4.69) is 20.3 Å². The van der Waals surface area contributed by atoms with Crippen molar-refractivity contribution < 1.29 is 13.3 Å². The van der Waals surface area contributed by atoms with Gasteiger partial charge in [-0.1, -0.05) is 18.2 Å². The number of hydrogen-bond acceptors (Lipinski definition) is 7. The summed E-state index contributed by atoms with van der Waals surface area (Å²) in [4.78, 5) is 7.05. The first-order chi connectivity index (χ1) is 19.5. The van der Waals surface area contributed by atoms with E-state index in [1.54, 1.807) is 18.6 Å². The predicted molar refractivity (Wildman–Crippen MR) is 158 cm³/mol. The van der Waals surface area contributed by atoms with E-state index in [4.69, 9.17) is 10.5 Å². The second kappa shape index (κ2) is 11.5. The van der Waals surface area contributed by atoms with E-state index in [9.17, 15) is 8.60 Å². The maximum atomic E-state index is 13.7. The number of rotatable bonds is 9. The standard InChI is InChI=1S/C30H33FN6O2S/c31-25-5-3-4-22(16-25)20-37-29-9-6-24(17-23(29)19-35-37)30(32)27-18-26(7-8-28(27)33-21-34-30)39-13-2-1-10-36-11-14-40(38)15-12-36/h3-9,16-19,21H,1-2,10-15,20,32H2,(H,33,34). The quantitative estimate of drug-likeness (QED) is 0.300. The van der Waals surface area contributed by atoms with Crippen LogP contribution in [0.5, 0.6) is 5.75 Å². The van der Waals surface area contributed by atoms with Crippen molar-refractivity contribution >= 4 is 33.7 Å². The average Bonchev–Trinajstić information content (AvgIpc) is 3.36. The molecule has 6 rings (SSSR count). The van der Waals surface area contributed by atoms with Gasteiger partial charge in [0.05, 0.1) is 31.2 Å². The van der Waals surface area contributed by atoms with Crippen LogP contribution in [0.1, 0.15) is 29.5 Å². The summed E-state index contributed by atoms with van der Waals surface area (Å²) in [5.41, 5.74) is 10.2. The zero-order chi connectivity index (χ0) is 27.5. The molecule has 2 aliphatic rings. The van der Waals surface area contributed by atoms with Gasteiger partial charge in [-0.3, -0.25) is 14.6 Å². The molecule has 1 fully saturated rings. The third-order valence-corrected chi connectivity index (χ3v) is 8.88. The molecular formula is C30H33FN6O2S. The van der Waals surface area contributed by atoms with Crippen molar-refractivity contribution in [3.63, 3.8) is 0 Å².